The number of benzene rings is 2. The van der Waals surface area contributed by atoms with E-state index in [4.69, 9.17) is 28.8 Å². The fourth-order valence-corrected chi connectivity index (χ4v) is 5.47. The Morgan fingerprint density at radius 1 is 1.10 bits per heavy atom. The van der Waals surface area contributed by atoms with Crippen molar-refractivity contribution in [1.29, 1.82) is 0 Å². The van der Waals surface area contributed by atoms with E-state index in [9.17, 15) is 0 Å². The molecule has 158 valence electrons. The van der Waals surface area contributed by atoms with Crippen molar-refractivity contribution >= 4 is 46.1 Å². The Morgan fingerprint density at radius 3 is 2.43 bits per heavy atom. The molecule has 1 fully saturated rings. The number of amidine groups is 1. The lowest BCUT2D eigenvalue weighted by molar-refractivity contribution is 0.158. The molecular formula is C25H30ClN3S. The highest BCUT2D eigenvalue weighted by Gasteiger charge is 2.51. The van der Waals surface area contributed by atoms with Crippen LogP contribution in [0, 0.1) is 18.3 Å². The second-order valence-electron chi connectivity index (χ2n) is 9.67. The van der Waals surface area contributed by atoms with Crippen LogP contribution in [0.4, 0.5) is 11.4 Å². The van der Waals surface area contributed by atoms with E-state index in [0.29, 0.717) is 21.5 Å². The van der Waals surface area contributed by atoms with Crippen LogP contribution in [0.25, 0.3) is 0 Å². The third-order valence-electron chi connectivity index (χ3n) is 6.77. The minimum atomic E-state index is -0.258. The summed E-state index contributed by atoms with van der Waals surface area (Å²) in [6, 6.07) is 16.3. The topological polar surface area (TPSA) is 27.6 Å². The summed E-state index contributed by atoms with van der Waals surface area (Å²) < 4.78 is 0. The Labute approximate surface area is 190 Å². The zero-order valence-electron chi connectivity index (χ0n) is 18.2. The van der Waals surface area contributed by atoms with E-state index < -0.39 is 0 Å². The first-order valence-corrected chi connectivity index (χ1v) is 11.5. The molecule has 0 saturated heterocycles. The van der Waals surface area contributed by atoms with Crippen LogP contribution in [0.1, 0.15) is 52.0 Å². The van der Waals surface area contributed by atoms with E-state index in [1.165, 1.54) is 5.56 Å². The average molecular weight is 440 g/mol. The Balaban J connectivity index is 1.73. The lowest BCUT2D eigenvalue weighted by atomic mass is 9.66. The summed E-state index contributed by atoms with van der Waals surface area (Å²) in [5.74, 6) is 1.66. The van der Waals surface area contributed by atoms with E-state index in [1.807, 2.05) is 18.2 Å². The van der Waals surface area contributed by atoms with Crippen molar-refractivity contribution in [1.82, 2.24) is 0 Å². The molecule has 1 spiro atoms. The second kappa shape index (κ2) is 7.97. The van der Waals surface area contributed by atoms with Crippen molar-refractivity contribution in [3.05, 3.63) is 59.1 Å². The first kappa shape index (κ1) is 21.3. The van der Waals surface area contributed by atoms with Crippen molar-refractivity contribution in [2.24, 2.45) is 16.3 Å². The quantitative estimate of drug-likeness (QED) is 0.499. The molecule has 5 heteroatoms. The van der Waals surface area contributed by atoms with Gasteiger partial charge in [-0.05, 0) is 86.0 Å². The van der Waals surface area contributed by atoms with Crippen LogP contribution < -0.4 is 10.2 Å². The maximum absolute atomic E-state index is 6.35. The number of hydrogen-bond acceptors (Lipinski definition) is 2. The summed E-state index contributed by atoms with van der Waals surface area (Å²) in [5.41, 5.74) is 3.36. The molecule has 3 nitrogen and oxygen atoms in total. The molecule has 0 bridgehead atoms. The standard InChI is InChI=1S/C25H30ClN3S/c1-17-8-5-6-11-21(17)27-22-25(14-12-18(13-15-25)24(2,3)4)29(23(30)28-22)20-10-7-9-19(26)16-20/h5-11,16,18H,12-15H2,1-4H3,(H,27,28,30). The molecule has 0 radical (unpaired) electrons. The lowest BCUT2D eigenvalue weighted by Crippen LogP contribution is -2.56. The molecule has 30 heavy (non-hydrogen) atoms. The number of aryl methyl sites for hydroxylation is 1. The monoisotopic (exact) mass is 439 g/mol. The Morgan fingerprint density at radius 2 is 1.80 bits per heavy atom. The fraction of sp³-hybridized carbons (Fsp3) is 0.440. The van der Waals surface area contributed by atoms with Gasteiger partial charge in [-0.1, -0.05) is 56.6 Å². The van der Waals surface area contributed by atoms with Crippen molar-refractivity contribution in [3.8, 4) is 0 Å². The van der Waals surface area contributed by atoms with Crippen molar-refractivity contribution in [2.75, 3.05) is 10.2 Å². The first-order valence-electron chi connectivity index (χ1n) is 10.7. The fourth-order valence-electron chi connectivity index (χ4n) is 4.92. The minimum Gasteiger partial charge on any atom is -0.341 e. The second-order valence-corrected chi connectivity index (χ2v) is 10.5. The van der Waals surface area contributed by atoms with Crippen molar-refractivity contribution < 1.29 is 0 Å². The summed E-state index contributed by atoms with van der Waals surface area (Å²) in [6.45, 7) is 9.17. The summed E-state index contributed by atoms with van der Waals surface area (Å²) in [5, 5.41) is 4.99. The lowest BCUT2D eigenvalue weighted by Gasteiger charge is -2.47. The molecule has 1 saturated carbocycles. The van der Waals surface area contributed by atoms with Gasteiger partial charge in [-0.15, -0.1) is 0 Å². The number of halogens is 1. The summed E-state index contributed by atoms with van der Waals surface area (Å²) in [6.07, 6.45) is 4.33. The van der Waals surface area contributed by atoms with Gasteiger partial charge in [0.15, 0.2) is 0 Å². The number of thiocarbonyl (C=S) groups is 1. The number of nitrogens with zero attached hydrogens (tertiary/aromatic N) is 2. The molecule has 4 rings (SSSR count). The Hall–Kier alpha value is -1.91. The van der Waals surface area contributed by atoms with Crippen LogP contribution in [0.5, 0.6) is 0 Å². The third kappa shape index (κ3) is 3.88. The maximum atomic E-state index is 6.35. The van der Waals surface area contributed by atoms with Crippen molar-refractivity contribution in [3.63, 3.8) is 0 Å². The van der Waals surface area contributed by atoms with Crippen LogP contribution in [-0.2, 0) is 0 Å². The molecule has 1 heterocycles. The number of para-hydroxylation sites is 1. The van der Waals surface area contributed by atoms with Crippen LogP contribution in [-0.4, -0.2) is 16.5 Å². The van der Waals surface area contributed by atoms with Gasteiger partial charge in [0.05, 0.1) is 0 Å². The SMILES string of the molecule is Cc1ccccc1NC1=NC(=S)N(c2cccc(Cl)c2)C12CCC(C(C)(C)C)CC2. The molecule has 2 aliphatic rings. The number of rotatable bonds is 2. The zero-order valence-corrected chi connectivity index (χ0v) is 19.8. The zero-order chi connectivity index (χ0) is 21.5. The smallest absolute Gasteiger partial charge is 0.202 e. The number of aliphatic imine (C=N–C) groups is 1. The highest BCUT2D eigenvalue weighted by Crippen LogP contribution is 2.48. The predicted octanol–water partition coefficient (Wildman–Crippen LogP) is 7.24. The number of nitrogens with one attached hydrogen (secondary N) is 1. The van der Waals surface area contributed by atoms with Crippen LogP contribution in [0.2, 0.25) is 5.02 Å². The largest absolute Gasteiger partial charge is 0.341 e. The molecule has 2 aromatic rings. The van der Waals surface area contributed by atoms with Crippen LogP contribution >= 0.6 is 23.8 Å². The van der Waals surface area contributed by atoms with Gasteiger partial charge in [-0.3, -0.25) is 0 Å². The molecule has 0 aromatic heterocycles. The van der Waals surface area contributed by atoms with E-state index in [-0.39, 0.29) is 5.54 Å². The highest BCUT2D eigenvalue weighted by atomic mass is 35.5. The van der Waals surface area contributed by atoms with Gasteiger partial charge in [0, 0.05) is 16.4 Å². The third-order valence-corrected chi connectivity index (χ3v) is 7.28. The number of anilines is 2. The molecule has 1 aliphatic heterocycles. The highest BCUT2D eigenvalue weighted by molar-refractivity contribution is 7.80. The predicted molar refractivity (Wildman–Crippen MR) is 133 cm³/mol. The Kier molecular flexibility index (Phi) is 5.67. The van der Waals surface area contributed by atoms with Gasteiger partial charge in [0.2, 0.25) is 5.11 Å². The molecule has 0 amide bonds. The average Bonchev–Trinajstić information content (AvgIpc) is 2.94. The van der Waals surface area contributed by atoms with E-state index >= 15 is 0 Å². The summed E-state index contributed by atoms with van der Waals surface area (Å²) in [4.78, 5) is 7.14. The van der Waals surface area contributed by atoms with Gasteiger partial charge in [0.1, 0.15) is 11.4 Å². The molecular weight excluding hydrogens is 410 g/mol. The van der Waals surface area contributed by atoms with E-state index in [1.54, 1.807) is 0 Å². The molecule has 0 atom stereocenters. The minimum absolute atomic E-state index is 0.258. The maximum Gasteiger partial charge on any atom is 0.202 e. The van der Waals surface area contributed by atoms with Gasteiger partial charge in [-0.25, -0.2) is 4.99 Å². The van der Waals surface area contributed by atoms with E-state index in [2.05, 4.69) is 68.2 Å². The molecule has 2 aromatic carbocycles. The van der Waals surface area contributed by atoms with E-state index in [0.717, 1.165) is 42.9 Å². The summed E-state index contributed by atoms with van der Waals surface area (Å²) in [7, 11) is 0. The van der Waals surface area contributed by atoms with Gasteiger partial charge < -0.3 is 10.2 Å². The normalized spacial score (nSPS) is 24.3. The van der Waals surface area contributed by atoms with Crippen LogP contribution in [0.3, 0.4) is 0 Å². The molecule has 1 N–H and O–H groups in total. The first-order chi connectivity index (χ1) is 14.2. The number of hydrogen-bond donors (Lipinski definition) is 1. The summed E-state index contributed by atoms with van der Waals surface area (Å²) >= 11 is 12.1. The van der Waals surface area contributed by atoms with Gasteiger partial charge in [0.25, 0.3) is 0 Å². The Bertz CT molecular complexity index is 984. The van der Waals surface area contributed by atoms with Crippen LogP contribution in [0.15, 0.2) is 53.5 Å². The molecule has 0 unspecified atom stereocenters. The van der Waals surface area contributed by atoms with Gasteiger partial charge >= 0.3 is 0 Å². The molecule has 1 aliphatic carbocycles. The van der Waals surface area contributed by atoms with Crippen molar-refractivity contribution in [2.45, 2.75) is 58.9 Å². The van der Waals surface area contributed by atoms with Gasteiger partial charge in [-0.2, -0.15) is 0 Å².